The summed E-state index contributed by atoms with van der Waals surface area (Å²) in [6, 6.07) is 6.72. The number of aliphatic hydroxyl groups is 2. The molecule has 0 saturated heterocycles. The lowest BCUT2D eigenvalue weighted by Crippen LogP contribution is -2.21. The second-order valence-electron chi connectivity index (χ2n) is 3.21. The van der Waals surface area contributed by atoms with Crippen LogP contribution in [-0.4, -0.2) is 42.5 Å². The molecule has 0 aliphatic rings. The van der Waals surface area contributed by atoms with Crippen LogP contribution in [0.15, 0.2) is 24.3 Å². The van der Waals surface area contributed by atoms with Crippen LogP contribution >= 0.6 is 0 Å². The molecular weight excluding hydrogens is 210 g/mol. The van der Waals surface area contributed by atoms with Crippen LogP contribution in [0.25, 0.3) is 0 Å². The number of nitrogens with one attached hydrogen (secondary N) is 1. The van der Waals surface area contributed by atoms with Crippen molar-refractivity contribution in [3.8, 4) is 5.75 Å². The third-order valence-corrected chi connectivity index (χ3v) is 1.97. The van der Waals surface area contributed by atoms with Gasteiger partial charge in [-0.3, -0.25) is 5.41 Å². The van der Waals surface area contributed by atoms with Gasteiger partial charge in [-0.25, -0.2) is 0 Å². The van der Waals surface area contributed by atoms with Crippen molar-refractivity contribution in [1.29, 1.82) is 5.41 Å². The maximum absolute atomic E-state index is 9.07. The fourth-order valence-electron chi connectivity index (χ4n) is 1.07. The van der Waals surface area contributed by atoms with Crippen molar-refractivity contribution in [2.45, 2.75) is 6.10 Å². The summed E-state index contributed by atoms with van der Waals surface area (Å²) in [6.45, 7) is -0.288. The van der Waals surface area contributed by atoms with Crippen LogP contribution in [0, 0.1) is 5.41 Å². The van der Waals surface area contributed by atoms with E-state index in [1.54, 1.807) is 24.3 Å². The van der Waals surface area contributed by atoms with Crippen LogP contribution in [-0.2, 0) is 4.74 Å². The summed E-state index contributed by atoms with van der Waals surface area (Å²) in [5.41, 5.74) is 0.651. The third kappa shape index (κ3) is 3.52. The van der Waals surface area contributed by atoms with Crippen LogP contribution in [0.3, 0.4) is 0 Å². The van der Waals surface area contributed by atoms with E-state index < -0.39 is 6.10 Å². The SMILES string of the molecule is COC(=N)c1ccc(OCC(O)CO)cc1. The summed E-state index contributed by atoms with van der Waals surface area (Å²) in [5, 5.41) is 25.1. The van der Waals surface area contributed by atoms with Gasteiger partial charge in [-0.1, -0.05) is 0 Å². The zero-order valence-corrected chi connectivity index (χ0v) is 9.01. The molecule has 88 valence electrons. The molecule has 5 nitrogen and oxygen atoms in total. The van der Waals surface area contributed by atoms with Crippen molar-refractivity contribution in [2.24, 2.45) is 0 Å². The highest BCUT2D eigenvalue weighted by molar-refractivity contribution is 5.91. The monoisotopic (exact) mass is 225 g/mol. The Morgan fingerprint density at radius 3 is 2.50 bits per heavy atom. The number of hydrogen-bond donors (Lipinski definition) is 3. The number of benzene rings is 1. The van der Waals surface area contributed by atoms with Crippen LogP contribution in [0.5, 0.6) is 5.75 Å². The second-order valence-corrected chi connectivity index (χ2v) is 3.21. The minimum Gasteiger partial charge on any atom is -0.491 e. The number of ether oxygens (including phenoxy) is 2. The fourth-order valence-corrected chi connectivity index (χ4v) is 1.07. The number of hydrogen-bond acceptors (Lipinski definition) is 5. The first-order valence-electron chi connectivity index (χ1n) is 4.82. The Labute approximate surface area is 93.8 Å². The smallest absolute Gasteiger partial charge is 0.212 e. The molecule has 0 heterocycles. The summed E-state index contributed by atoms with van der Waals surface area (Å²) >= 11 is 0. The molecule has 1 atom stereocenters. The molecule has 16 heavy (non-hydrogen) atoms. The first kappa shape index (κ1) is 12.5. The van der Waals surface area contributed by atoms with Gasteiger partial charge in [0.25, 0.3) is 0 Å². The van der Waals surface area contributed by atoms with Crippen molar-refractivity contribution in [1.82, 2.24) is 0 Å². The van der Waals surface area contributed by atoms with Crippen molar-refractivity contribution < 1.29 is 19.7 Å². The Morgan fingerprint density at radius 2 is 2.00 bits per heavy atom. The first-order valence-corrected chi connectivity index (χ1v) is 4.82. The van der Waals surface area contributed by atoms with Crippen LogP contribution in [0.4, 0.5) is 0 Å². The Bertz CT molecular complexity index is 336. The van der Waals surface area contributed by atoms with Crippen molar-refractivity contribution in [3.05, 3.63) is 29.8 Å². The lowest BCUT2D eigenvalue weighted by atomic mass is 10.2. The number of methoxy groups -OCH3 is 1. The van der Waals surface area contributed by atoms with E-state index in [0.29, 0.717) is 11.3 Å². The second kappa shape index (κ2) is 6.09. The largest absolute Gasteiger partial charge is 0.491 e. The Hall–Kier alpha value is -1.59. The van der Waals surface area contributed by atoms with E-state index in [2.05, 4.69) is 0 Å². The summed E-state index contributed by atoms with van der Waals surface area (Å²) < 4.78 is 9.97. The molecule has 0 aromatic heterocycles. The minimum atomic E-state index is -0.878. The van der Waals surface area contributed by atoms with Crippen molar-refractivity contribution in [2.75, 3.05) is 20.3 Å². The van der Waals surface area contributed by atoms with Crippen LogP contribution in [0.1, 0.15) is 5.56 Å². The van der Waals surface area contributed by atoms with Crippen molar-refractivity contribution in [3.63, 3.8) is 0 Å². The molecule has 0 aliphatic heterocycles. The average Bonchev–Trinajstić information content (AvgIpc) is 2.35. The van der Waals surface area contributed by atoms with Gasteiger partial charge in [0.15, 0.2) is 0 Å². The molecule has 5 heteroatoms. The van der Waals surface area contributed by atoms with E-state index in [0.717, 1.165) is 0 Å². The van der Waals surface area contributed by atoms with E-state index in [1.165, 1.54) is 7.11 Å². The quantitative estimate of drug-likeness (QED) is 0.500. The van der Waals surface area contributed by atoms with Crippen molar-refractivity contribution >= 4 is 5.90 Å². The number of aliphatic hydroxyl groups excluding tert-OH is 2. The van der Waals surface area contributed by atoms with Crippen LogP contribution in [0.2, 0.25) is 0 Å². The van der Waals surface area contributed by atoms with E-state index in [1.807, 2.05) is 0 Å². The van der Waals surface area contributed by atoms with Gasteiger partial charge in [0.05, 0.1) is 13.7 Å². The maximum atomic E-state index is 9.07. The molecule has 0 radical (unpaired) electrons. The summed E-state index contributed by atoms with van der Waals surface area (Å²) in [7, 11) is 1.43. The summed E-state index contributed by atoms with van der Waals surface area (Å²) in [6.07, 6.45) is -0.878. The van der Waals surface area contributed by atoms with Gasteiger partial charge in [0, 0.05) is 5.56 Å². The highest BCUT2D eigenvalue weighted by Gasteiger charge is 2.04. The van der Waals surface area contributed by atoms with Gasteiger partial charge in [-0.05, 0) is 24.3 Å². The standard InChI is InChI=1S/C11H15NO4/c1-15-11(12)8-2-4-10(5-3-8)16-7-9(14)6-13/h2-5,9,12-14H,6-7H2,1H3. The van der Waals surface area contributed by atoms with Gasteiger partial charge < -0.3 is 19.7 Å². The highest BCUT2D eigenvalue weighted by Crippen LogP contribution is 2.12. The number of rotatable bonds is 5. The molecule has 0 saturated carbocycles. The first-order chi connectivity index (χ1) is 7.67. The minimum absolute atomic E-state index is 0.0393. The van der Waals surface area contributed by atoms with E-state index in [-0.39, 0.29) is 19.1 Å². The molecule has 0 amide bonds. The molecule has 3 N–H and O–H groups in total. The topological polar surface area (TPSA) is 82.8 Å². The summed E-state index contributed by atoms with van der Waals surface area (Å²) in [4.78, 5) is 0. The van der Waals surface area contributed by atoms with Gasteiger partial charge in [-0.15, -0.1) is 0 Å². The maximum Gasteiger partial charge on any atom is 0.212 e. The Kier molecular flexibility index (Phi) is 4.75. The molecule has 0 spiro atoms. The molecule has 1 aromatic rings. The summed E-state index contributed by atoms with van der Waals surface area (Å²) in [5.74, 6) is 0.655. The molecule has 0 bridgehead atoms. The van der Waals surface area contributed by atoms with E-state index >= 15 is 0 Å². The zero-order chi connectivity index (χ0) is 12.0. The lowest BCUT2D eigenvalue weighted by molar-refractivity contribution is 0.0536. The van der Waals surface area contributed by atoms with Gasteiger partial charge in [-0.2, -0.15) is 0 Å². The zero-order valence-electron chi connectivity index (χ0n) is 9.01. The fraction of sp³-hybridized carbons (Fsp3) is 0.364. The molecular formula is C11H15NO4. The van der Waals surface area contributed by atoms with Crippen LogP contribution < -0.4 is 4.74 Å². The predicted molar refractivity (Wildman–Crippen MR) is 58.9 cm³/mol. The Balaban J connectivity index is 2.54. The molecule has 1 unspecified atom stereocenters. The van der Waals surface area contributed by atoms with E-state index in [9.17, 15) is 0 Å². The molecule has 1 rings (SSSR count). The molecule has 0 fully saturated rings. The van der Waals surface area contributed by atoms with Gasteiger partial charge >= 0.3 is 0 Å². The predicted octanol–water partition coefficient (Wildman–Crippen LogP) is 0.390. The third-order valence-electron chi connectivity index (χ3n) is 1.97. The highest BCUT2D eigenvalue weighted by atomic mass is 16.5. The van der Waals surface area contributed by atoms with Gasteiger partial charge in [0.1, 0.15) is 18.5 Å². The normalized spacial score (nSPS) is 11.9. The van der Waals surface area contributed by atoms with Gasteiger partial charge in [0.2, 0.25) is 5.90 Å². The molecule has 0 aliphatic carbocycles. The lowest BCUT2D eigenvalue weighted by Gasteiger charge is -2.10. The average molecular weight is 225 g/mol. The molecule has 1 aromatic carbocycles. The van der Waals surface area contributed by atoms with E-state index in [4.69, 9.17) is 25.1 Å². The Morgan fingerprint density at radius 1 is 1.38 bits per heavy atom.